The van der Waals surface area contributed by atoms with Gasteiger partial charge in [-0.15, -0.1) is 0 Å². The summed E-state index contributed by atoms with van der Waals surface area (Å²) >= 11 is 5.94. The first-order valence-electron chi connectivity index (χ1n) is 5.54. The van der Waals surface area contributed by atoms with Crippen LogP contribution in [0.25, 0.3) is 10.9 Å². The van der Waals surface area contributed by atoms with Crippen molar-refractivity contribution in [3.8, 4) is 0 Å². The number of nitrogens with one attached hydrogen (secondary N) is 1. The predicted molar refractivity (Wildman–Crippen MR) is 69.3 cm³/mol. The number of carbonyl (C=O) groups is 1. The Labute approximate surface area is 109 Å². The fourth-order valence-corrected chi connectivity index (χ4v) is 1.85. The molecule has 94 valence electrons. The molecule has 1 amide bonds. The van der Waals surface area contributed by atoms with E-state index in [4.69, 9.17) is 11.6 Å². The fraction of sp³-hybridized carbons (Fsp3) is 0.231. The van der Waals surface area contributed by atoms with E-state index in [-0.39, 0.29) is 22.9 Å². The highest BCUT2D eigenvalue weighted by Gasteiger charge is 2.14. The Hall–Kier alpha value is -1.68. The van der Waals surface area contributed by atoms with E-state index in [0.717, 1.165) is 0 Å². The second-order valence-electron chi connectivity index (χ2n) is 4.29. The Kier molecular flexibility index (Phi) is 3.48. The lowest BCUT2D eigenvalue weighted by Crippen LogP contribution is -2.30. The van der Waals surface area contributed by atoms with Gasteiger partial charge in [0.15, 0.2) is 0 Å². The number of amides is 1. The number of hydrogen-bond acceptors (Lipinski definition) is 2. The number of aromatic nitrogens is 1. The van der Waals surface area contributed by atoms with Gasteiger partial charge in [-0.2, -0.15) is 0 Å². The van der Waals surface area contributed by atoms with Crippen LogP contribution in [0.4, 0.5) is 4.39 Å². The molecule has 1 heterocycles. The summed E-state index contributed by atoms with van der Waals surface area (Å²) in [6, 6.07) is 5.80. The Morgan fingerprint density at radius 2 is 2.11 bits per heavy atom. The van der Waals surface area contributed by atoms with Gasteiger partial charge < -0.3 is 5.32 Å². The van der Waals surface area contributed by atoms with E-state index in [9.17, 15) is 9.18 Å². The summed E-state index contributed by atoms with van der Waals surface area (Å²) in [5.74, 6) is -0.667. The minimum Gasteiger partial charge on any atom is -0.350 e. The quantitative estimate of drug-likeness (QED) is 0.849. The van der Waals surface area contributed by atoms with Gasteiger partial charge in [-0.3, -0.25) is 4.79 Å². The molecule has 5 heteroatoms. The molecule has 1 aromatic carbocycles. The first-order valence-corrected chi connectivity index (χ1v) is 5.92. The summed E-state index contributed by atoms with van der Waals surface area (Å²) in [4.78, 5) is 15.9. The number of carbonyl (C=O) groups excluding carboxylic acids is 1. The molecule has 2 rings (SSSR count). The molecular weight excluding hydrogens is 255 g/mol. The van der Waals surface area contributed by atoms with E-state index in [1.807, 2.05) is 13.8 Å². The van der Waals surface area contributed by atoms with Crippen LogP contribution < -0.4 is 5.32 Å². The van der Waals surface area contributed by atoms with Crippen LogP contribution in [-0.4, -0.2) is 16.9 Å². The SMILES string of the molecule is CC(C)NC(=O)c1cc2ccc(F)cc2nc1Cl. The summed E-state index contributed by atoms with van der Waals surface area (Å²) < 4.78 is 13.0. The fourth-order valence-electron chi connectivity index (χ4n) is 1.62. The van der Waals surface area contributed by atoms with E-state index in [1.54, 1.807) is 12.1 Å². The lowest BCUT2D eigenvalue weighted by Gasteiger charge is -2.10. The van der Waals surface area contributed by atoms with Crippen molar-refractivity contribution < 1.29 is 9.18 Å². The third kappa shape index (κ3) is 2.59. The van der Waals surface area contributed by atoms with Crippen molar-refractivity contribution in [2.45, 2.75) is 19.9 Å². The lowest BCUT2D eigenvalue weighted by atomic mass is 10.1. The first kappa shape index (κ1) is 12.8. The average Bonchev–Trinajstić information content (AvgIpc) is 2.26. The molecule has 0 aliphatic heterocycles. The summed E-state index contributed by atoms with van der Waals surface area (Å²) in [5, 5.41) is 3.49. The van der Waals surface area contributed by atoms with Gasteiger partial charge in [0, 0.05) is 17.5 Å². The molecule has 2 aromatic rings. The van der Waals surface area contributed by atoms with Crippen LogP contribution in [0.2, 0.25) is 5.15 Å². The van der Waals surface area contributed by atoms with Crippen molar-refractivity contribution >= 4 is 28.4 Å². The number of rotatable bonds is 2. The van der Waals surface area contributed by atoms with Gasteiger partial charge in [0.25, 0.3) is 5.91 Å². The molecule has 0 saturated heterocycles. The van der Waals surface area contributed by atoms with Gasteiger partial charge in [-0.1, -0.05) is 11.6 Å². The maximum Gasteiger partial charge on any atom is 0.254 e. The number of pyridine rings is 1. The minimum atomic E-state index is -0.384. The highest BCUT2D eigenvalue weighted by molar-refractivity contribution is 6.33. The molecule has 0 radical (unpaired) electrons. The van der Waals surface area contributed by atoms with Crippen LogP contribution in [0.3, 0.4) is 0 Å². The summed E-state index contributed by atoms with van der Waals surface area (Å²) in [6.45, 7) is 3.71. The highest BCUT2D eigenvalue weighted by Crippen LogP contribution is 2.21. The van der Waals surface area contributed by atoms with E-state index < -0.39 is 0 Å². The smallest absolute Gasteiger partial charge is 0.254 e. The Morgan fingerprint density at radius 3 is 2.78 bits per heavy atom. The summed E-state index contributed by atoms with van der Waals surface area (Å²) in [6.07, 6.45) is 0. The van der Waals surface area contributed by atoms with Crippen LogP contribution in [0.5, 0.6) is 0 Å². The van der Waals surface area contributed by atoms with Crippen molar-refractivity contribution in [3.63, 3.8) is 0 Å². The van der Waals surface area contributed by atoms with Crippen molar-refractivity contribution in [1.82, 2.24) is 10.3 Å². The third-order valence-corrected chi connectivity index (χ3v) is 2.69. The topological polar surface area (TPSA) is 42.0 Å². The van der Waals surface area contributed by atoms with Crippen LogP contribution in [-0.2, 0) is 0 Å². The Bertz CT molecular complexity index is 613. The minimum absolute atomic E-state index is 0.0116. The molecule has 0 fully saturated rings. The molecule has 0 spiro atoms. The van der Waals surface area contributed by atoms with Gasteiger partial charge in [0.05, 0.1) is 11.1 Å². The van der Waals surface area contributed by atoms with Gasteiger partial charge in [-0.25, -0.2) is 9.37 Å². The largest absolute Gasteiger partial charge is 0.350 e. The van der Waals surface area contributed by atoms with Gasteiger partial charge in [-0.05, 0) is 32.0 Å². The highest BCUT2D eigenvalue weighted by atomic mass is 35.5. The standard InChI is InChI=1S/C13H12ClFN2O/c1-7(2)16-13(18)10-5-8-3-4-9(15)6-11(8)17-12(10)14/h3-7H,1-2H3,(H,16,18). The molecule has 3 nitrogen and oxygen atoms in total. The molecule has 1 N–H and O–H groups in total. The number of benzene rings is 1. The summed E-state index contributed by atoms with van der Waals surface area (Å²) in [7, 11) is 0. The van der Waals surface area contributed by atoms with Gasteiger partial charge in [0.1, 0.15) is 11.0 Å². The maximum absolute atomic E-state index is 13.0. The average molecular weight is 267 g/mol. The van der Waals surface area contributed by atoms with E-state index in [2.05, 4.69) is 10.3 Å². The van der Waals surface area contributed by atoms with Crippen LogP contribution in [0, 0.1) is 5.82 Å². The number of hydrogen-bond donors (Lipinski definition) is 1. The van der Waals surface area contributed by atoms with E-state index >= 15 is 0 Å². The molecule has 0 aliphatic rings. The molecular formula is C13H12ClFN2O. The second kappa shape index (κ2) is 4.90. The molecule has 0 saturated carbocycles. The third-order valence-electron chi connectivity index (χ3n) is 2.40. The van der Waals surface area contributed by atoms with Gasteiger partial charge >= 0.3 is 0 Å². The van der Waals surface area contributed by atoms with Crippen molar-refractivity contribution in [2.24, 2.45) is 0 Å². The Balaban J connectivity index is 2.49. The molecule has 0 unspecified atom stereocenters. The Morgan fingerprint density at radius 1 is 1.39 bits per heavy atom. The van der Waals surface area contributed by atoms with Crippen LogP contribution in [0.15, 0.2) is 24.3 Å². The number of nitrogens with zero attached hydrogens (tertiary/aromatic N) is 1. The monoisotopic (exact) mass is 266 g/mol. The van der Waals surface area contributed by atoms with Crippen molar-refractivity contribution in [2.75, 3.05) is 0 Å². The number of fused-ring (bicyclic) bond motifs is 1. The molecule has 0 atom stereocenters. The maximum atomic E-state index is 13.0. The zero-order chi connectivity index (χ0) is 13.3. The molecule has 1 aromatic heterocycles. The first-order chi connectivity index (χ1) is 8.47. The molecule has 18 heavy (non-hydrogen) atoms. The zero-order valence-electron chi connectivity index (χ0n) is 10.00. The molecule has 0 aliphatic carbocycles. The van der Waals surface area contributed by atoms with Crippen molar-refractivity contribution in [3.05, 3.63) is 40.8 Å². The van der Waals surface area contributed by atoms with E-state index in [0.29, 0.717) is 16.5 Å². The zero-order valence-corrected chi connectivity index (χ0v) is 10.8. The summed E-state index contributed by atoms with van der Waals surface area (Å²) in [5.41, 5.74) is 0.727. The van der Waals surface area contributed by atoms with Crippen LogP contribution in [0.1, 0.15) is 24.2 Å². The van der Waals surface area contributed by atoms with Crippen LogP contribution >= 0.6 is 11.6 Å². The number of halogens is 2. The second-order valence-corrected chi connectivity index (χ2v) is 4.65. The van der Waals surface area contributed by atoms with E-state index in [1.165, 1.54) is 12.1 Å². The predicted octanol–water partition coefficient (Wildman–Crippen LogP) is 3.17. The normalized spacial score (nSPS) is 10.9. The molecule has 0 bridgehead atoms. The van der Waals surface area contributed by atoms with Crippen molar-refractivity contribution in [1.29, 1.82) is 0 Å². The lowest BCUT2D eigenvalue weighted by molar-refractivity contribution is 0.0943. The van der Waals surface area contributed by atoms with Gasteiger partial charge in [0.2, 0.25) is 0 Å².